The summed E-state index contributed by atoms with van der Waals surface area (Å²) in [6.07, 6.45) is 0.416. The minimum absolute atomic E-state index is 0.171. The molecule has 0 aliphatic heterocycles. The lowest BCUT2D eigenvalue weighted by Gasteiger charge is -2.20. The van der Waals surface area contributed by atoms with Crippen molar-refractivity contribution in [3.63, 3.8) is 0 Å². The van der Waals surface area contributed by atoms with Crippen LogP contribution in [-0.4, -0.2) is 22.1 Å². The van der Waals surface area contributed by atoms with Gasteiger partial charge in [0.15, 0.2) is 0 Å². The summed E-state index contributed by atoms with van der Waals surface area (Å²) in [5, 5.41) is 4.32. The number of aromatic nitrogens is 2. The summed E-state index contributed by atoms with van der Waals surface area (Å²) in [5.41, 5.74) is 7.08. The predicted octanol–water partition coefficient (Wildman–Crippen LogP) is 1.31. The van der Waals surface area contributed by atoms with E-state index in [-0.39, 0.29) is 5.78 Å². The molecule has 0 bridgehead atoms. The van der Waals surface area contributed by atoms with Crippen molar-refractivity contribution in [2.24, 2.45) is 11.1 Å². The van der Waals surface area contributed by atoms with Gasteiger partial charge in [-0.25, -0.2) is 0 Å². The number of nitrogens with zero attached hydrogens (tertiary/aromatic N) is 2. The highest BCUT2D eigenvalue weighted by molar-refractivity contribution is 5.86. The number of hydrogen-bond donors (Lipinski definition) is 1. The highest BCUT2D eigenvalue weighted by Gasteiger charge is 2.26. The Morgan fingerprint density at radius 1 is 1.56 bits per heavy atom. The fourth-order valence-electron chi connectivity index (χ4n) is 1.53. The lowest BCUT2D eigenvalue weighted by molar-refractivity contribution is -0.126. The van der Waals surface area contributed by atoms with E-state index in [0.29, 0.717) is 13.0 Å². The molecule has 0 aromatic carbocycles. The molecule has 0 atom stereocenters. The molecule has 0 unspecified atom stereocenters. The first kappa shape index (κ1) is 12.9. The maximum Gasteiger partial charge on any atom is 0.145 e. The van der Waals surface area contributed by atoms with Crippen LogP contribution in [0.1, 0.15) is 32.2 Å². The van der Waals surface area contributed by atoms with Crippen LogP contribution in [0.25, 0.3) is 0 Å². The summed E-state index contributed by atoms with van der Waals surface area (Å²) in [4.78, 5) is 12.0. The van der Waals surface area contributed by atoms with E-state index in [1.807, 2.05) is 38.4 Å². The molecule has 1 aromatic rings. The van der Waals surface area contributed by atoms with E-state index in [9.17, 15) is 4.79 Å². The van der Waals surface area contributed by atoms with E-state index in [1.54, 1.807) is 0 Å². The van der Waals surface area contributed by atoms with Gasteiger partial charge in [0, 0.05) is 30.6 Å². The Bertz CT molecular complexity index is 380. The van der Waals surface area contributed by atoms with Gasteiger partial charge in [-0.1, -0.05) is 13.8 Å². The Morgan fingerprint density at radius 2 is 2.19 bits per heavy atom. The number of aryl methyl sites for hydroxylation is 2. The second kappa shape index (κ2) is 4.78. The molecule has 0 saturated heterocycles. The second-order valence-electron chi connectivity index (χ2n) is 4.78. The van der Waals surface area contributed by atoms with Crippen LogP contribution in [0.4, 0.5) is 0 Å². The van der Waals surface area contributed by atoms with Gasteiger partial charge in [0.2, 0.25) is 0 Å². The number of carbonyl (C=O) groups is 1. The lowest BCUT2D eigenvalue weighted by atomic mass is 9.86. The van der Waals surface area contributed by atoms with E-state index >= 15 is 0 Å². The van der Waals surface area contributed by atoms with Crippen LogP contribution in [0, 0.1) is 12.3 Å². The van der Waals surface area contributed by atoms with Crippen LogP contribution in [-0.2, 0) is 17.8 Å². The van der Waals surface area contributed by atoms with Crippen LogP contribution in [0.3, 0.4) is 0 Å². The Balaban J connectivity index is 2.84. The third-order valence-electron chi connectivity index (χ3n) is 2.89. The number of ketones is 1. The molecule has 16 heavy (non-hydrogen) atoms. The first-order valence-corrected chi connectivity index (χ1v) is 5.67. The summed E-state index contributed by atoms with van der Waals surface area (Å²) in [6, 6.07) is 1.97. The maximum atomic E-state index is 12.0. The number of carbonyl (C=O) groups excluding carboxylic acids is 1. The van der Waals surface area contributed by atoms with E-state index in [0.717, 1.165) is 17.9 Å². The van der Waals surface area contributed by atoms with E-state index in [4.69, 9.17) is 5.73 Å². The van der Waals surface area contributed by atoms with Crippen molar-refractivity contribution < 1.29 is 4.79 Å². The van der Waals surface area contributed by atoms with Crippen molar-refractivity contribution in [2.45, 2.75) is 40.7 Å². The van der Waals surface area contributed by atoms with Crippen molar-refractivity contribution in [3.05, 3.63) is 17.5 Å². The molecule has 90 valence electrons. The smallest absolute Gasteiger partial charge is 0.145 e. The van der Waals surface area contributed by atoms with Crippen molar-refractivity contribution >= 4 is 5.78 Å². The summed E-state index contributed by atoms with van der Waals surface area (Å²) in [5.74, 6) is 0.171. The number of nitrogens with two attached hydrogens (primary N) is 1. The summed E-state index contributed by atoms with van der Waals surface area (Å²) in [7, 11) is 0. The van der Waals surface area contributed by atoms with Gasteiger partial charge < -0.3 is 5.73 Å². The fourth-order valence-corrected chi connectivity index (χ4v) is 1.53. The minimum Gasteiger partial charge on any atom is -0.329 e. The van der Waals surface area contributed by atoms with Gasteiger partial charge in [-0.2, -0.15) is 5.10 Å². The summed E-state index contributed by atoms with van der Waals surface area (Å²) < 4.78 is 1.87. The molecule has 1 heterocycles. The van der Waals surface area contributed by atoms with Crippen LogP contribution in [0.5, 0.6) is 0 Å². The molecule has 0 radical (unpaired) electrons. The molecule has 1 rings (SSSR count). The van der Waals surface area contributed by atoms with Gasteiger partial charge in [0.05, 0.1) is 5.69 Å². The zero-order valence-electron chi connectivity index (χ0n) is 10.6. The largest absolute Gasteiger partial charge is 0.329 e. The SMILES string of the molecule is CCn1nc(C)cc1CC(=O)C(C)(C)CN. The minimum atomic E-state index is -0.448. The molecular formula is C12H21N3O. The van der Waals surface area contributed by atoms with E-state index < -0.39 is 5.41 Å². The zero-order chi connectivity index (χ0) is 12.3. The molecule has 2 N–H and O–H groups in total. The number of Topliss-reactive ketones (excluding diaryl/α,β-unsaturated/α-hetero) is 1. The van der Waals surface area contributed by atoms with Gasteiger partial charge in [-0.05, 0) is 19.9 Å². The van der Waals surface area contributed by atoms with E-state index in [2.05, 4.69) is 5.10 Å². The van der Waals surface area contributed by atoms with Crippen LogP contribution < -0.4 is 5.73 Å². The number of rotatable bonds is 5. The van der Waals surface area contributed by atoms with Gasteiger partial charge in [0.1, 0.15) is 5.78 Å². The molecule has 0 saturated carbocycles. The lowest BCUT2D eigenvalue weighted by Crippen LogP contribution is -2.34. The summed E-state index contributed by atoms with van der Waals surface area (Å²) >= 11 is 0. The Hall–Kier alpha value is -1.16. The van der Waals surface area contributed by atoms with Crippen molar-refractivity contribution in [1.29, 1.82) is 0 Å². The van der Waals surface area contributed by atoms with Crippen molar-refractivity contribution in [1.82, 2.24) is 9.78 Å². The average Bonchev–Trinajstić information content (AvgIpc) is 2.58. The zero-order valence-corrected chi connectivity index (χ0v) is 10.6. The van der Waals surface area contributed by atoms with E-state index in [1.165, 1.54) is 0 Å². The average molecular weight is 223 g/mol. The molecule has 4 heteroatoms. The predicted molar refractivity (Wildman–Crippen MR) is 64.2 cm³/mol. The first-order chi connectivity index (χ1) is 7.40. The second-order valence-corrected chi connectivity index (χ2v) is 4.78. The maximum absolute atomic E-state index is 12.0. The van der Waals surface area contributed by atoms with Gasteiger partial charge >= 0.3 is 0 Å². The fraction of sp³-hybridized carbons (Fsp3) is 0.667. The van der Waals surface area contributed by atoms with Crippen molar-refractivity contribution in [2.75, 3.05) is 6.54 Å². The van der Waals surface area contributed by atoms with Gasteiger partial charge in [0.25, 0.3) is 0 Å². The molecule has 4 nitrogen and oxygen atoms in total. The molecule has 1 aromatic heterocycles. The molecule has 0 amide bonds. The van der Waals surface area contributed by atoms with Crippen LogP contribution in [0.2, 0.25) is 0 Å². The molecular weight excluding hydrogens is 202 g/mol. The molecule has 0 aliphatic rings. The quantitative estimate of drug-likeness (QED) is 0.818. The van der Waals surface area contributed by atoms with Gasteiger partial charge in [-0.15, -0.1) is 0 Å². The standard InChI is InChI=1S/C12H21N3O/c1-5-15-10(6-9(2)14-15)7-11(16)12(3,4)8-13/h6H,5,7-8,13H2,1-4H3. The Labute approximate surface area is 96.8 Å². The Morgan fingerprint density at radius 3 is 2.69 bits per heavy atom. The third-order valence-corrected chi connectivity index (χ3v) is 2.89. The molecule has 0 fully saturated rings. The monoisotopic (exact) mass is 223 g/mol. The Kier molecular flexibility index (Phi) is 3.86. The first-order valence-electron chi connectivity index (χ1n) is 5.67. The normalized spacial score (nSPS) is 11.8. The third kappa shape index (κ3) is 2.70. The summed E-state index contributed by atoms with van der Waals surface area (Å²) in [6.45, 7) is 8.90. The highest BCUT2D eigenvalue weighted by atomic mass is 16.1. The molecule has 0 aliphatic carbocycles. The van der Waals surface area contributed by atoms with Crippen LogP contribution >= 0.6 is 0 Å². The highest BCUT2D eigenvalue weighted by Crippen LogP contribution is 2.18. The van der Waals surface area contributed by atoms with Crippen molar-refractivity contribution in [3.8, 4) is 0 Å². The topological polar surface area (TPSA) is 60.9 Å². The number of hydrogen-bond acceptors (Lipinski definition) is 3. The van der Waals surface area contributed by atoms with Gasteiger partial charge in [-0.3, -0.25) is 9.48 Å². The molecule has 0 spiro atoms. The van der Waals surface area contributed by atoms with Crippen LogP contribution in [0.15, 0.2) is 6.07 Å².